The van der Waals surface area contributed by atoms with E-state index >= 15 is 0 Å². The van der Waals surface area contributed by atoms with Crippen LogP contribution in [0.4, 0.5) is 0 Å². The Morgan fingerprint density at radius 1 is 1.50 bits per heavy atom. The molecule has 4 heterocycles. The first-order valence-corrected chi connectivity index (χ1v) is 8.82. The first-order valence-electron chi connectivity index (χ1n) is 7.60. The van der Waals surface area contributed by atoms with E-state index in [4.69, 9.17) is 16.6 Å². The number of hydrogen-bond acceptors (Lipinski definition) is 5. The number of aromatic amines is 1. The standard InChI is InChI=1S/C16H15N3O3S2/c1-9(20)18-5-4-11-12(8-18)24-14-13(11)15(21)19(16(23)17-14)7-10-3-2-6-22-10/h2-3,6H,4-5,7-8H2,1H3,(H,17,23). The number of aromatic nitrogens is 2. The molecule has 124 valence electrons. The number of thiophene rings is 1. The summed E-state index contributed by atoms with van der Waals surface area (Å²) >= 11 is 6.87. The monoisotopic (exact) mass is 361 g/mol. The number of carbonyl (C=O) groups excluding carboxylic acids is 1. The second-order valence-corrected chi connectivity index (χ2v) is 7.29. The van der Waals surface area contributed by atoms with E-state index in [1.807, 2.05) is 6.07 Å². The molecule has 4 rings (SSSR count). The van der Waals surface area contributed by atoms with Gasteiger partial charge in [0.25, 0.3) is 5.56 Å². The second-order valence-electron chi connectivity index (χ2n) is 5.80. The van der Waals surface area contributed by atoms with Crippen molar-refractivity contribution in [3.05, 3.63) is 49.7 Å². The summed E-state index contributed by atoms with van der Waals surface area (Å²) in [5.41, 5.74) is 0.941. The first-order chi connectivity index (χ1) is 11.5. The van der Waals surface area contributed by atoms with Crippen LogP contribution in [0.5, 0.6) is 0 Å². The van der Waals surface area contributed by atoms with Crippen molar-refractivity contribution in [3.8, 4) is 0 Å². The zero-order valence-electron chi connectivity index (χ0n) is 13.0. The normalized spacial score (nSPS) is 14.1. The fraction of sp³-hybridized carbons (Fsp3) is 0.312. The van der Waals surface area contributed by atoms with Crippen molar-refractivity contribution in [2.75, 3.05) is 6.54 Å². The predicted octanol–water partition coefficient (Wildman–Crippen LogP) is 2.67. The Bertz CT molecular complexity index is 1040. The van der Waals surface area contributed by atoms with Crippen LogP contribution in [0.1, 0.15) is 23.1 Å². The van der Waals surface area contributed by atoms with Crippen LogP contribution in [0, 0.1) is 4.77 Å². The summed E-state index contributed by atoms with van der Waals surface area (Å²) in [6, 6.07) is 3.60. The molecule has 0 aliphatic carbocycles. The molecule has 1 aliphatic heterocycles. The molecule has 0 spiro atoms. The molecule has 1 amide bonds. The van der Waals surface area contributed by atoms with Gasteiger partial charge in [-0.15, -0.1) is 11.3 Å². The number of nitrogens with zero attached hydrogens (tertiary/aromatic N) is 2. The Morgan fingerprint density at radius 3 is 3.04 bits per heavy atom. The van der Waals surface area contributed by atoms with E-state index in [0.717, 1.165) is 15.3 Å². The number of H-pyrrole nitrogens is 1. The van der Waals surface area contributed by atoms with Crippen molar-refractivity contribution in [1.29, 1.82) is 0 Å². The summed E-state index contributed by atoms with van der Waals surface area (Å²) in [7, 11) is 0. The molecule has 0 atom stereocenters. The van der Waals surface area contributed by atoms with Gasteiger partial charge in [0.05, 0.1) is 24.7 Å². The maximum Gasteiger partial charge on any atom is 0.263 e. The van der Waals surface area contributed by atoms with Gasteiger partial charge in [-0.3, -0.25) is 14.2 Å². The van der Waals surface area contributed by atoms with E-state index in [-0.39, 0.29) is 11.5 Å². The molecule has 0 fully saturated rings. The van der Waals surface area contributed by atoms with Gasteiger partial charge in [-0.05, 0) is 36.3 Å². The molecule has 3 aromatic heterocycles. The summed E-state index contributed by atoms with van der Waals surface area (Å²) in [5.74, 6) is 0.740. The third-order valence-corrected chi connectivity index (χ3v) is 5.78. The number of furan rings is 1. The Morgan fingerprint density at radius 2 is 2.33 bits per heavy atom. The summed E-state index contributed by atoms with van der Waals surface area (Å²) in [6.07, 6.45) is 2.27. The van der Waals surface area contributed by atoms with Gasteiger partial charge < -0.3 is 14.3 Å². The minimum Gasteiger partial charge on any atom is -0.467 e. The molecule has 0 bridgehead atoms. The lowest BCUT2D eigenvalue weighted by Gasteiger charge is -2.25. The summed E-state index contributed by atoms with van der Waals surface area (Å²) < 4.78 is 7.24. The molecule has 0 aromatic carbocycles. The molecular weight excluding hydrogens is 346 g/mol. The fourth-order valence-corrected chi connectivity index (χ4v) is 4.65. The van der Waals surface area contributed by atoms with Crippen LogP contribution in [0.25, 0.3) is 10.2 Å². The van der Waals surface area contributed by atoms with Gasteiger partial charge in [-0.2, -0.15) is 0 Å². The van der Waals surface area contributed by atoms with Crippen LogP contribution < -0.4 is 5.56 Å². The SMILES string of the molecule is CC(=O)N1CCc2c(sc3[nH]c(=S)n(Cc4ccco4)c(=O)c23)C1. The van der Waals surface area contributed by atoms with Gasteiger partial charge >= 0.3 is 0 Å². The second kappa shape index (κ2) is 5.71. The van der Waals surface area contributed by atoms with Crippen LogP contribution in [0.2, 0.25) is 0 Å². The van der Waals surface area contributed by atoms with E-state index in [9.17, 15) is 9.59 Å². The van der Waals surface area contributed by atoms with Crippen LogP contribution in [0.3, 0.4) is 0 Å². The Balaban J connectivity index is 1.86. The lowest BCUT2D eigenvalue weighted by Crippen LogP contribution is -2.34. The van der Waals surface area contributed by atoms with Crippen molar-refractivity contribution in [3.63, 3.8) is 0 Å². The molecular formula is C16H15N3O3S2. The smallest absolute Gasteiger partial charge is 0.263 e. The fourth-order valence-electron chi connectivity index (χ4n) is 3.08. The van der Waals surface area contributed by atoms with E-state index in [1.54, 1.807) is 24.2 Å². The van der Waals surface area contributed by atoms with Gasteiger partial charge in [0.15, 0.2) is 4.77 Å². The van der Waals surface area contributed by atoms with E-state index in [0.29, 0.717) is 42.0 Å². The molecule has 8 heteroatoms. The number of fused-ring (bicyclic) bond motifs is 3. The molecule has 0 saturated heterocycles. The summed E-state index contributed by atoms with van der Waals surface area (Å²) in [6.45, 7) is 3.08. The summed E-state index contributed by atoms with van der Waals surface area (Å²) in [5, 5.41) is 0.693. The van der Waals surface area contributed by atoms with Crippen molar-refractivity contribution < 1.29 is 9.21 Å². The van der Waals surface area contributed by atoms with Crippen molar-refractivity contribution >= 4 is 39.7 Å². The molecule has 1 N–H and O–H groups in total. The minimum absolute atomic E-state index is 0.0567. The average molecular weight is 361 g/mol. The van der Waals surface area contributed by atoms with E-state index < -0.39 is 0 Å². The summed E-state index contributed by atoms with van der Waals surface area (Å²) in [4.78, 5) is 31.4. The zero-order valence-corrected chi connectivity index (χ0v) is 14.6. The molecule has 1 aliphatic rings. The lowest BCUT2D eigenvalue weighted by atomic mass is 10.1. The zero-order chi connectivity index (χ0) is 16.8. The molecule has 6 nitrogen and oxygen atoms in total. The molecule has 0 unspecified atom stereocenters. The van der Waals surface area contributed by atoms with Crippen LogP contribution in [-0.2, 0) is 24.3 Å². The van der Waals surface area contributed by atoms with Gasteiger partial charge in [0.1, 0.15) is 10.6 Å². The number of rotatable bonds is 2. The Labute approximate surface area is 146 Å². The lowest BCUT2D eigenvalue weighted by molar-refractivity contribution is -0.129. The largest absolute Gasteiger partial charge is 0.467 e. The number of amides is 1. The highest BCUT2D eigenvalue weighted by Gasteiger charge is 2.25. The molecule has 24 heavy (non-hydrogen) atoms. The number of nitrogens with one attached hydrogen (secondary N) is 1. The molecule has 0 radical (unpaired) electrons. The number of carbonyl (C=O) groups is 1. The third-order valence-electron chi connectivity index (χ3n) is 4.32. The van der Waals surface area contributed by atoms with Crippen LogP contribution >= 0.6 is 23.6 Å². The average Bonchev–Trinajstić information content (AvgIpc) is 3.17. The first kappa shape index (κ1) is 15.3. The maximum absolute atomic E-state index is 13.0. The van der Waals surface area contributed by atoms with Crippen LogP contribution in [-0.4, -0.2) is 26.9 Å². The molecule has 0 saturated carbocycles. The number of hydrogen-bond donors (Lipinski definition) is 1. The Kier molecular flexibility index (Phi) is 3.65. The maximum atomic E-state index is 13.0. The highest BCUT2D eigenvalue weighted by molar-refractivity contribution is 7.71. The van der Waals surface area contributed by atoms with Gasteiger partial charge in [0.2, 0.25) is 5.91 Å². The highest BCUT2D eigenvalue weighted by Crippen LogP contribution is 2.32. The van der Waals surface area contributed by atoms with Gasteiger partial charge in [-0.1, -0.05) is 0 Å². The van der Waals surface area contributed by atoms with E-state index in [1.165, 1.54) is 15.9 Å². The quantitative estimate of drug-likeness (QED) is 0.713. The topological polar surface area (TPSA) is 71.2 Å². The Hall–Kier alpha value is -2.19. The predicted molar refractivity (Wildman–Crippen MR) is 93.9 cm³/mol. The van der Waals surface area contributed by atoms with Gasteiger partial charge in [0, 0.05) is 18.3 Å². The third kappa shape index (κ3) is 2.42. The highest BCUT2D eigenvalue weighted by atomic mass is 32.1. The van der Waals surface area contributed by atoms with Crippen molar-refractivity contribution in [1.82, 2.24) is 14.5 Å². The van der Waals surface area contributed by atoms with E-state index in [2.05, 4.69) is 4.98 Å². The minimum atomic E-state index is -0.0982. The van der Waals surface area contributed by atoms with Crippen molar-refractivity contribution in [2.24, 2.45) is 0 Å². The van der Waals surface area contributed by atoms with Crippen LogP contribution in [0.15, 0.2) is 27.6 Å². The molecule has 3 aromatic rings. The van der Waals surface area contributed by atoms with Crippen molar-refractivity contribution in [2.45, 2.75) is 26.4 Å². The van der Waals surface area contributed by atoms with Gasteiger partial charge in [-0.25, -0.2) is 0 Å².